The molecule has 2 aromatic rings. The summed E-state index contributed by atoms with van der Waals surface area (Å²) in [6.07, 6.45) is 7.94. The van der Waals surface area contributed by atoms with Crippen molar-refractivity contribution in [3.63, 3.8) is 0 Å². The molecule has 2 rings (SSSR count). The number of rotatable bonds is 7. The quantitative estimate of drug-likeness (QED) is 0.427. The Hall–Kier alpha value is -2.02. The van der Waals surface area contributed by atoms with Crippen LogP contribution in [-0.2, 0) is 0 Å². The van der Waals surface area contributed by atoms with Crippen LogP contribution in [0.25, 0.3) is 12.2 Å². The third kappa shape index (κ3) is 4.99. The molecule has 0 bridgehead atoms. The van der Waals surface area contributed by atoms with E-state index in [4.69, 9.17) is 4.74 Å². The van der Waals surface area contributed by atoms with E-state index >= 15 is 0 Å². The molecule has 0 N–H and O–H groups in total. The molecule has 1 heteroatoms. The molecule has 0 fully saturated rings. The molecule has 0 unspecified atom stereocenters. The standard InChI is InChI=1S/C22H28O/c1-5-6-7-16-23-22-15-14-21(18(3)19(22)4)13-12-20-10-8-17(2)9-11-20/h8-15H,5-7,16H2,1-4H3. The first kappa shape index (κ1) is 17.3. The molecular formula is C22H28O. The molecule has 0 saturated heterocycles. The van der Waals surface area contributed by atoms with Crippen LogP contribution in [0.5, 0.6) is 5.75 Å². The fourth-order valence-corrected chi connectivity index (χ4v) is 2.55. The van der Waals surface area contributed by atoms with Crippen molar-refractivity contribution < 1.29 is 4.74 Å². The fourth-order valence-electron chi connectivity index (χ4n) is 2.55. The first-order chi connectivity index (χ1) is 11.1. The Kier molecular flexibility index (Phi) is 6.46. The number of ether oxygens (including phenoxy) is 1. The lowest BCUT2D eigenvalue weighted by atomic mass is 10.0. The zero-order valence-electron chi connectivity index (χ0n) is 14.9. The van der Waals surface area contributed by atoms with Crippen LogP contribution in [0.4, 0.5) is 0 Å². The molecule has 0 atom stereocenters. The predicted molar refractivity (Wildman–Crippen MR) is 101 cm³/mol. The zero-order valence-corrected chi connectivity index (χ0v) is 14.9. The summed E-state index contributed by atoms with van der Waals surface area (Å²) in [6, 6.07) is 12.8. The molecule has 0 saturated carbocycles. The number of unbranched alkanes of at least 4 members (excludes halogenated alkanes) is 2. The molecule has 0 radical (unpaired) electrons. The monoisotopic (exact) mass is 308 g/mol. The van der Waals surface area contributed by atoms with E-state index in [0.29, 0.717) is 0 Å². The van der Waals surface area contributed by atoms with Gasteiger partial charge < -0.3 is 4.74 Å². The van der Waals surface area contributed by atoms with Gasteiger partial charge in [-0.25, -0.2) is 0 Å². The highest BCUT2D eigenvalue weighted by molar-refractivity contribution is 5.72. The highest BCUT2D eigenvalue weighted by Crippen LogP contribution is 2.26. The van der Waals surface area contributed by atoms with Gasteiger partial charge in [0, 0.05) is 0 Å². The minimum absolute atomic E-state index is 0.812. The van der Waals surface area contributed by atoms with Crippen molar-refractivity contribution in [1.82, 2.24) is 0 Å². The molecule has 0 spiro atoms. The van der Waals surface area contributed by atoms with Crippen LogP contribution in [-0.4, -0.2) is 6.61 Å². The zero-order chi connectivity index (χ0) is 16.7. The summed E-state index contributed by atoms with van der Waals surface area (Å²) in [5, 5.41) is 0. The van der Waals surface area contributed by atoms with Crippen molar-refractivity contribution >= 4 is 12.2 Å². The van der Waals surface area contributed by atoms with E-state index in [1.54, 1.807) is 0 Å². The number of benzene rings is 2. The number of aryl methyl sites for hydroxylation is 1. The van der Waals surface area contributed by atoms with Crippen molar-refractivity contribution in [2.24, 2.45) is 0 Å². The third-order valence-corrected chi connectivity index (χ3v) is 4.32. The van der Waals surface area contributed by atoms with Gasteiger partial charge in [0.05, 0.1) is 6.61 Å². The first-order valence-electron chi connectivity index (χ1n) is 8.59. The summed E-state index contributed by atoms with van der Waals surface area (Å²) in [4.78, 5) is 0. The Morgan fingerprint density at radius 2 is 1.57 bits per heavy atom. The Morgan fingerprint density at radius 1 is 0.826 bits per heavy atom. The smallest absolute Gasteiger partial charge is 0.122 e. The molecule has 0 aliphatic rings. The minimum atomic E-state index is 0.812. The van der Waals surface area contributed by atoms with E-state index in [-0.39, 0.29) is 0 Å². The largest absolute Gasteiger partial charge is 0.493 e. The Bertz CT molecular complexity index is 650. The summed E-state index contributed by atoms with van der Waals surface area (Å²) in [6.45, 7) is 9.45. The van der Waals surface area contributed by atoms with Gasteiger partial charge in [-0.05, 0) is 55.5 Å². The Labute approximate surface area is 141 Å². The second-order valence-electron chi connectivity index (χ2n) is 6.20. The van der Waals surface area contributed by atoms with Crippen molar-refractivity contribution in [2.75, 3.05) is 6.61 Å². The summed E-state index contributed by atoms with van der Waals surface area (Å²) in [5.74, 6) is 1.02. The average Bonchev–Trinajstić information content (AvgIpc) is 2.56. The van der Waals surface area contributed by atoms with Gasteiger partial charge in [0.1, 0.15) is 5.75 Å². The molecule has 23 heavy (non-hydrogen) atoms. The van der Waals surface area contributed by atoms with Gasteiger partial charge in [-0.15, -0.1) is 0 Å². The lowest BCUT2D eigenvalue weighted by Gasteiger charge is -2.13. The molecule has 1 nitrogen and oxygen atoms in total. The molecule has 0 aliphatic heterocycles. The van der Waals surface area contributed by atoms with Crippen molar-refractivity contribution in [1.29, 1.82) is 0 Å². The highest BCUT2D eigenvalue weighted by atomic mass is 16.5. The Morgan fingerprint density at radius 3 is 2.26 bits per heavy atom. The second kappa shape index (κ2) is 8.57. The summed E-state index contributed by atoms with van der Waals surface area (Å²) in [5.41, 5.74) is 6.31. The van der Waals surface area contributed by atoms with Gasteiger partial charge in [0.15, 0.2) is 0 Å². The maximum atomic E-state index is 5.93. The van der Waals surface area contributed by atoms with Gasteiger partial charge in [-0.2, -0.15) is 0 Å². The minimum Gasteiger partial charge on any atom is -0.493 e. The normalized spacial score (nSPS) is 11.1. The lowest BCUT2D eigenvalue weighted by Crippen LogP contribution is -2.00. The van der Waals surface area contributed by atoms with Crippen LogP contribution >= 0.6 is 0 Å². The molecule has 0 heterocycles. The molecule has 2 aromatic carbocycles. The van der Waals surface area contributed by atoms with E-state index in [9.17, 15) is 0 Å². The van der Waals surface area contributed by atoms with E-state index in [0.717, 1.165) is 18.8 Å². The Balaban J connectivity index is 2.08. The topological polar surface area (TPSA) is 9.23 Å². The molecule has 122 valence electrons. The van der Waals surface area contributed by atoms with Gasteiger partial charge in [0.2, 0.25) is 0 Å². The lowest BCUT2D eigenvalue weighted by molar-refractivity contribution is 0.304. The maximum absolute atomic E-state index is 5.93. The predicted octanol–water partition coefficient (Wildman–Crippen LogP) is 6.35. The highest BCUT2D eigenvalue weighted by Gasteiger charge is 2.05. The van der Waals surface area contributed by atoms with Crippen LogP contribution in [0.15, 0.2) is 36.4 Å². The number of hydrogen-bond donors (Lipinski definition) is 0. The van der Waals surface area contributed by atoms with E-state index in [1.807, 2.05) is 0 Å². The van der Waals surface area contributed by atoms with Crippen LogP contribution in [0.1, 0.15) is 54.0 Å². The van der Waals surface area contributed by atoms with Crippen LogP contribution in [0.3, 0.4) is 0 Å². The molecule has 0 amide bonds. The summed E-state index contributed by atoms with van der Waals surface area (Å²) in [7, 11) is 0. The number of hydrogen-bond acceptors (Lipinski definition) is 1. The van der Waals surface area contributed by atoms with E-state index in [2.05, 4.69) is 76.2 Å². The van der Waals surface area contributed by atoms with Crippen molar-refractivity contribution in [3.05, 3.63) is 64.2 Å². The SMILES string of the molecule is CCCCCOc1ccc(C=Cc2ccc(C)cc2)c(C)c1C. The van der Waals surface area contributed by atoms with Gasteiger partial charge in [-0.1, -0.05) is 67.8 Å². The molecular weight excluding hydrogens is 280 g/mol. The summed E-state index contributed by atoms with van der Waals surface area (Å²) < 4.78 is 5.93. The molecule has 0 aromatic heterocycles. The van der Waals surface area contributed by atoms with E-state index in [1.165, 1.54) is 40.7 Å². The fraction of sp³-hybridized carbons (Fsp3) is 0.364. The van der Waals surface area contributed by atoms with E-state index < -0.39 is 0 Å². The van der Waals surface area contributed by atoms with Gasteiger partial charge >= 0.3 is 0 Å². The van der Waals surface area contributed by atoms with Crippen molar-refractivity contribution in [2.45, 2.75) is 47.0 Å². The van der Waals surface area contributed by atoms with Gasteiger partial charge in [0.25, 0.3) is 0 Å². The maximum Gasteiger partial charge on any atom is 0.122 e. The molecule has 0 aliphatic carbocycles. The second-order valence-corrected chi connectivity index (χ2v) is 6.20. The van der Waals surface area contributed by atoms with Crippen LogP contribution in [0.2, 0.25) is 0 Å². The summed E-state index contributed by atoms with van der Waals surface area (Å²) >= 11 is 0. The van der Waals surface area contributed by atoms with Crippen LogP contribution in [0, 0.1) is 20.8 Å². The van der Waals surface area contributed by atoms with Gasteiger partial charge in [-0.3, -0.25) is 0 Å². The van der Waals surface area contributed by atoms with Crippen LogP contribution < -0.4 is 4.74 Å². The van der Waals surface area contributed by atoms with Crippen molar-refractivity contribution in [3.8, 4) is 5.75 Å². The third-order valence-electron chi connectivity index (χ3n) is 4.32. The average molecular weight is 308 g/mol. The first-order valence-corrected chi connectivity index (χ1v) is 8.59.